The summed E-state index contributed by atoms with van der Waals surface area (Å²) in [6.07, 6.45) is 6.84. The van der Waals surface area contributed by atoms with Crippen molar-refractivity contribution in [1.82, 2.24) is 10.3 Å². The van der Waals surface area contributed by atoms with Gasteiger partial charge < -0.3 is 10.3 Å². The highest BCUT2D eigenvalue weighted by Crippen LogP contribution is 2.38. The van der Waals surface area contributed by atoms with E-state index in [1.807, 2.05) is 36.5 Å². The molecule has 3 heteroatoms. The number of nitrogens with one attached hydrogen (secondary N) is 2. The molecule has 1 aliphatic rings. The van der Waals surface area contributed by atoms with Gasteiger partial charge in [0.15, 0.2) is 5.78 Å². The summed E-state index contributed by atoms with van der Waals surface area (Å²) in [5.41, 5.74) is 2.76. The second-order valence-electron chi connectivity index (χ2n) is 6.98. The maximum absolute atomic E-state index is 13.2. The Kier molecular flexibility index (Phi) is 3.99. The number of aromatic amines is 1. The molecule has 1 saturated heterocycles. The summed E-state index contributed by atoms with van der Waals surface area (Å²) in [5, 5.41) is 4.49. The number of carbonyl (C=O) groups excluding carboxylic acids is 1. The van der Waals surface area contributed by atoms with Gasteiger partial charge in [-0.15, -0.1) is 6.58 Å². The van der Waals surface area contributed by atoms with Crippen LogP contribution in [0.25, 0.3) is 10.9 Å². The number of H-pyrrole nitrogens is 1. The fraction of sp³-hybridized carbons (Fsp3) is 0.350. The Bertz CT molecular complexity index is 782. The summed E-state index contributed by atoms with van der Waals surface area (Å²) < 4.78 is 0. The van der Waals surface area contributed by atoms with Crippen molar-refractivity contribution in [3.63, 3.8) is 0 Å². The second-order valence-corrected chi connectivity index (χ2v) is 6.98. The van der Waals surface area contributed by atoms with Gasteiger partial charge in [0.2, 0.25) is 0 Å². The number of hydrogen-bond donors (Lipinski definition) is 2. The highest BCUT2D eigenvalue weighted by molar-refractivity contribution is 6.10. The van der Waals surface area contributed by atoms with Gasteiger partial charge in [-0.1, -0.05) is 42.8 Å². The van der Waals surface area contributed by atoms with Crippen LogP contribution in [0.3, 0.4) is 0 Å². The molecule has 0 spiro atoms. The first-order valence-electron chi connectivity index (χ1n) is 8.09. The molecule has 3 rings (SSSR count). The van der Waals surface area contributed by atoms with Crippen molar-refractivity contribution in [2.24, 2.45) is 5.41 Å². The number of rotatable bonds is 4. The molecular weight excluding hydrogens is 284 g/mol. The molecule has 2 N–H and O–H groups in total. The topological polar surface area (TPSA) is 44.9 Å². The maximum Gasteiger partial charge on any atom is 0.182 e. The van der Waals surface area contributed by atoms with Crippen LogP contribution in [-0.4, -0.2) is 22.9 Å². The smallest absolute Gasteiger partial charge is 0.182 e. The molecule has 23 heavy (non-hydrogen) atoms. The number of aromatic nitrogens is 1. The quantitative estimate of drug-likeness (QED) is 0.655. The lowest BCUT2D eigenvalue weighted by Gasteiger charge is -2.26. The van der Waals surface area contributed by atoms with E-state index in [-0.39, 0.29) is 23.3 Å². The predicted molar refractivity (Wildman–Crippen MR) is 95.7 cm³/mol. The lowest BCUT2D eigenvalue weighted by Crippen LogP contribution is -2.42. The van der Waals surface area contributed by atoms with Gasteiger partial charge in [-0.05, 0) is 26.3 Å². The molecule has 120 valence electrons. The number of allylic oxidation sites excluding steroid dienone is 1. The van der Waals surface area contributed by atoms with Crippen LogP contribution in [0, 0.1) is 5.41 Å². The van der Waals surface area contributed by atoms with E-state index in [0.29, 0.717) is 0 Å². The van der Waals surface area contributed by atoms with Gasteiger partial charge in [-0.25, -0.2) is 0 Å². The minimum atomic E-state index is -0.250. The molecule has 0 radical (unpaired) electrons. The average molecular weight is 308 g/mol. The van der Waals surface area contributed by atoms with E-state index < -0.39 is 0 Å². The van der Waals surface area contributed by atoms with Crippen LogP contribution in [0.4, 0.5) is 0 Å². The van der Waals surface area contributed by atoms with E-state index in [2.05, 4.69) is 43.7 Å². The lowest BCUT2D eigenvalue weighted by atomic mass is 9.78. The molecule has 3 unspecified atom stereocenters. The van der Waals surface area contributed by atoms with E-state index in [4.69, 9.17) is 0 Å². The fourth-order valence-corrected chi connectivity index (χ4v) is 3.57. The largest absolute Gasteiger partial charge is 0.360 e. The third-order valence-corrected chi connectivity index (χ3v) is 4.82. The van der Waals surface area contributed by atoms with E-state index in [9.17, 15) is 4.79 Å². The molecule has 2 aromatic rings. The number of para-hydroxylation sites is 1. The van der Waals surface area contributed by atoms with Gasteiger partial charge in [0.05, 0.1) is 6.04 Å². The predicted octanol–water partition coefficient (Wildman–Crippen LogP) is 4.24. The van der Waals surface area contributed by atoms with Crippen LogP contribution in [-0.2, 0) is 0 Å². The Morgan fingerprint density at radius 3 is 2.78 bits per heavy atom. The third kappa shape index (κ3) is 2.77. The van der Waals surface area contributed by atoms with Crippen molar-refractivity contribution in [1.29, 1.82) is 0 Å². The molecule has 1 aliphatic heterocycles. The van der Waals surface area contributed by atoms with Gasteiger partial charge in [0.25, 0.3) is 0 Å². The summed E-state index contributed by atoms with van der Waals surface area (Å²) >= 11 is 0. The van der Waals surface area contributed by atoms with Crippen molar-refractivity contribution in [2.45, 2.75) is 39.3 Å². The van der Waals surface area contributed by atoms with Crippen LogP contribution in [0.2, 0.25) is 0 Å². The average Bonchev–Trinajstić information content (AvgIpc) is 3.08. The second kappa shape index (κ2) is 5.82. The van der Waals surface area contributed by atoms with Gasteiger partial charge in [0, 0.05) is 34.1 Å². The van der Waals surface area contributed by atoms with Gasteiger partial charge in [-0.2, -0.15) is 0 Å². The molecule has 1 aromatic carbocycles. The molecule has 0 saturated carbocycles. The van der Waals surface area contributed by atoms with E-state index in [1.54, 1.807) is 0 Å². The normalized spacial score (nSPS) is 27.1. The van der Waals surface area contributed by atoms with E-state index in [0.717, 1.165) is 22.9 Å². The van der Waals surface area contributed by atoms with Crippen molar-refractivity contribution < 1.29 is 4.79 Å². The van der Waals surface area contributed by atoms with Crippen LogP contribution < -0.4 is 5.32 Å². The van der Waals surface area contributed by atoms with Crippen LogP contribution >= 0.6 is 0 Å². The minimum Gasteiger partial charge on any atom is -0.360 e. The first-order chi connectivity index (χ1) is 10.9. The number of benzene rings is 1. The summed E-state index contributed by atoms with van der Waals surface area (Å²) in [4.78, 5) is 16.4. The molecule has 1 aromatic heterocycles. The number of fused-ring (bicyclic) bond motifs is 1. The van der Waals surface area contributed by atoms with Gasteiger partial charge >= 0.3 is 0 Å². The first kappa shape index (κ1) is 15.8. The highest BCUT2D eigenvalue weighted by atomic mass is 16.1. The Hall–Kier alpha value is -2.13. The monoisotopic (exact) mass is 308 g/mol. The number of ketones is 1. The first-order valence-corrected chi connectivity index (χ1v) is 8.09. The zero-order chi connectivity index (χ0) is 16.6. The maximum atomic E-state index is 13.2. The highest BCUT2D eigenvalue weighted by Gasteiger charge is 2.45. The molecule has 0 bridgehead atoms. The van der Waals surface area contributed by atoms with Gasteiger partial charge in [0.1, 0.15) is 0 Å². The molecule has 1 fully saturated rings. The number of carbonyl (C=O) groups is 1. The summed E-state index contributed by atoms with van der Waals surface area (Å²) in [6, 6.07) is 7.88. The Balaban J connectivity index is 1.97. The molecule has 2 heterocycles. The van der Waals surface area contributed by atoms with Crippen molar-refractivity contribution in [2.75, 3.05) is 0 Å². The van der Waals surface area contributed by atoms with E-state index in [1.165, 1.54) is 5.57 Å². The van der Waals surface area contributed by atoms with Crippen LogP contribution in [0.1, 0.15) is 37.6 Å². The van der Waals surface area contributed by atoms with Crippen molar-refractivity contribution in [3.05, 3.63) is 60.3 Å². The Labute approximate surface area is 137 Å². The summed E-state index contributed by atoms with van der Waals surface area (Å²) in [6.45, 7) is 10.3. The molecule has 3 nitrogen and oxygen atoms in total. The standard InChI is InChI=1S/C20H24N2O/c1-5-20(4)11-14(10-13(2)3)22-19(20)18(23)16-12-21-17-9-7-6-8-15(16)17/h5-10,12,14,19,21-22H,1,11H2,2-4H3. The zero-order valence-electron chi connectivity index (χ0n) is 14.0. The molecule has 0 amide bonds. The number of hydrogen-bond acceptors (Lipinski definition) is 2. The molecular formula is C20H24N2O. The van der Waals surface area contributed by atoms with Crippen LogP contribution in [0.5, 0.6) is 0 Å². The zero-order valence-corrected chi connectivity index (χ0v) is 14.0. The molecule has 3 atom stereocenters. The summed E-state index contributed by atoms with van der Waals surface area (Å²) in [7, 11) is 0. The molecule has 0 aliphatic carbocycles. The lowest BCUT2D eigenvalue weighted by molar-refractivity contribution is 0.0911. The van der Waals surface area contributed by atoms with Crippen molar-refractivity contribution in [3.8, 4) is 0 Å². The van der Waals surface area contributed by atoms with Crippen LogP contribution in [0.15, 0.2) is 54.8 Å². The fourth-order valence-electron chi connectivity index (χ4n) is 3.57. The Morgan fingerprint density at radius 2 is 2.09 bits per heavy atom. The number of Topliss-reactive ketones (excluding diaryl/α,β-unsaturated/α-hetero) is 1. The SMILES string of the molecule is C=CC1(C)CC(C=C(C)C)NC1C(=O)c1c[nH]c2ccccc12. The van der Waals surface area contributed by atoms with Gasteiger partial charge in [-0.3, -0.25) is 4.79 Å². The van der Waals surface area contributed by atoms with E-state index >= 15 is 0 Å². The summed E-state index contributed by atoms with van der Waals surface area (Å²) in [5.74, 6) is 0.134. The minimum absolute atomic E-state index is 0.134. The van der Waals surface area contributed by atoms with Crippen molar-refractivity contribution >= 4 is 16.7 Å². The third-order valence-electron chi connectivity index (χ3n) is 4.82. The Morgan fingerprint density at radius 1 is 1.35 bits per heavy atom.